The lowest BCUT2D eigenvalue weighted by Crippen LogP contribution is -2.68. The first-order chi connectivity index (χ1) is 39.7. The first-order valence-corrected chi connectivity index (χ1v) is 27.3. The van der Waals surface area contributed by atoms with Crippen LogP contribution in [0.4, 0.5) is 0 Å². The molecule has 0 saturated carbocycles. The summed E-state index contributed by atoms with van der Waals surface area (Å²) in [6.45, 7) is -6.99. The van der Waals surface area contributed by atoms with Gasteiger partial charge in [-0.15, -0.1) is 0 Å². The monoisotopic (exact) mass is 1220 g/mol. The van der Waals surface area contributed by atoms with Crippen LogP contribution in [-0.4, -0.2) is 376 Å². The molecule has 0 aliphatic carbocycles. The van der Waals surface area contributed by atoms with Crippen molar-refractivity contribution in [1.29, 1.82) is 0 Å². The third kappa shape index (κ3) is 14.1. The molecule has 83 heavy (non-hydrogen) atoms. The van der Waals surface area contributed by atoms with Crippen molar-refractivity contribution in [3.05, 3.63) is 0 Å². The first-order valence-electron chi connectivity index (χ1n) is 27.3. The summed E-state index contributed by atoms with van der Waals surface area (Å²) in [5.41, 5.74) is 5.65. The molecule has 15 fully saturated rings. The SMILES string of the molecule is NCCCCCO[C@H]1[C@@H]2O[C@H]3[C@H](O)[C@@H](O)[C@@H](O[C@H]4[C@H](O)[C@@H](O)[C@@H](O[C@H]5[C@H](O)[C@@H](O)[C@@H](O[C@H]6[C@H](O)[C@@H](O)[C@@H](O[C@H]7[C@H](O)[C@@H](O)[C@@H](O[C@H]8[C@H](O)[C@@H](O)[C@@H](O[C@H]([C@@H]1O)[C@@H](CO)O2)O[C@@H]8CO)O[C@@H]7CO)O[C@@H]6CO)O[C@@H]5CO)O[C@@H]4CO)O[C@@H]3CO. The molecule has 0 unspecified atom stereocenters. The van der Waals surface area contributed by atoms with Crippen LogP contribution in [0.1, 0.15) is 19.3 Å². The van der Waals surface area contributed by atoms with Gasteiger partial charge in [0.05, 0.1) is 46.2 Å². The lowest BCUT2D eigenvalue weighted by Gasteiger charge is -2.50. The van der Waals surface area contributed by atoms with Crippen LogP contribution in [0.5, 0.6) is 0 Å². The molecule has 22 N–H and O–H groups in total. The van der Waals surface area contributed by atoms with E-state index in [1.165, 1.54) is 0 Å². The summed E-state index contributed by atoms with van der Waals surface area (Å²) < 4.78 is 87.3. The Balaban J connectivity index is 1.10. The number of rotatable bonds is 13. The number of fused-ring (bicyclic) bond motifs is 7. The highest BCUT2D eigenvalue weighted by Crippen LogP contribution is 2.39. The number of nitrogens with two attached hydrogens (primary N) is 1. The Kier molecular flexibility index (Phi) is 24.3. The molecule has 0 amide bonds. The molecule has 0 radical (unpaired) electrons. The molecule has 0 spiro atoms. The third-order valence-electron chi connectivity index (χ3n) is 15.9. The van der Waals surface area contributed by atoms with Gasteiger partial charge in [0.2, 0.25) is 0 Å². The lowest BCUT2D eigenvalue weighted by atomic mass is 9.95. The Bertz CT molecular complexity index is 1940. The maximum absolute atomic E-state index is 12.0. The van der Waals surface area contributed by atoms with Crippen LogP contribution in [0.25, 0.3) is 0 Å². The van der Waals surface area contributed by atoms with Crippen LogP contribution in [0.2, 0.25) is 0 Å². The van der Waals surface area contributed by atoms with Crippen LogP contribution in [0, 0.1) is 0 Å². The Hall–Kier alpha value is -1.44. The van der Waals surface area contributed by atoms with Gasteiger partial charge in [-0.2, -0.15) is 0 Å². The molecular weight excluding hydrogens is 1140 g/mol. The number of aliphatic hydroxyl groups excluding tert-OH is 20. The van der Waals surface area contributed by atoms with Gasteiger partial charge in [0, 0.05) is 6.61 Å². The predicted octanol–water partition coefficient (Wildman–Crippen LogP) is -14.1. The van der Waals surface area contributed by atoms with Crippen LogP contribution < -0.4 is 5.73 Å². The second-order valence-corrected chi connectivity index (χ2v) is 21.3. The molecule has 484 valence electrons. The highest BCUT2D eigenvalue weighted by molar-refractivity contribution is 5.02. The average Bonchev–Trinajstić information content (AvgIpc) is 3.29. The number of hydrogen-bond donors (Lipinski definition) is 21. The maximum Gasteiger partial charge on any atom is 0.187 e. The van der Waals surface area contributed by atoms with Crippen molar-refractivity contribution in [2.45, 2.75) is 234 Å². The Morgan fingerprint density at radius 1 is 0.241 bits per heavy atom. The van der Waals surface area contributed by atoms with Crippen molar-refractivity contribution >= 4 is 0 Å². The molecule has 36 nitrogen and oxygen atoms in total. The second-order valence-electron chi connectivity index (χ2n) is 21.3. The summed E-state index contributed by atoms with van der Waals surface area (Å²) in [6.07, 6.45) is -67.3. The van der Waals surface area contributed by atoms with Crippen molar-refractivity contribution in [3.8, 4) is 0 Å². The van der Waals surface area contributed by atoms with Gasteiger partial charge >= 0.3 is 0 Å². The largest absolute Gasteiger partial charge is 0.394 e. The molecule has 15 aliphatic rings. The fourth-order valence-electron chi connectivity index (χ4n) is 11.2. The summed E-state index contributed by atoms with van der Waals surface area (Å²) >= 11 is 0. The minimum atomic E-state index is -2.21. The standard InChI is InChI=1S/C47H81NO35/c48-4-2-1-3-5-69-40-32(68)39-19(12-55)76-47(40)83-38-18(11-54)75-45(31(67)25(38)61)81-36-16(9-52)73-43(29(65)23(36)59)79-34-14(7-50)71-41(27(63)21(34)57)77-33-13(6-49)70-42(26(62)20(33)56)78-35-15(8-51)72-44(28(64)22(35)58)80-37-17(10-53)74-46(82-39)30(66)24(37)60/h13-47,49-68H,1-12,48H2/t13-,14-,15-,16-,17-,18-,19-,20-,21-,22-,23-,24-,25-,26-,27-,28-,29-,30-,31-,32+,33-,34-,35-,36-,37-,38-,39+,40-,41-,42-,43-,44-,45-,46-,47+/m1/s1. The van der Waals surface area contributed by atoms with Crippen molar-refractivity contribution in [2.24, 2.45) is 5.73 Å². The van der Waals surface area contributed by atoms with Gasteiger partial charge in [0.25, 0.3) is 0 Å². The lowest BCUT2D eigenvalue weighted by molar-refractivity contribution is -0.398. The van der Waals surface area contributed by atoms with Crippen LogP contribution in [-0.2, 0) is 71.1 Å². The second kappa shape index (κ2) is 29.9. The van der Waals surface area contributed by atoms with Gasteiger partial charge in [-0.1, -0.05) is 0 Å². The topological polar surface area (TPSA) is 569 Å². The number of unbranched alkanes of at least 4 members (excludes halogenated alkanes) is 2. The zero-order valence-corrected chi connectivity index (χ0v) is 44.3. The highest BCUT2D eigenvalue weighted by Gasteiger charge is 2.60. The van der Waals surface area contributed by atoms with E-state index in [0.717, 1.165) is 0 Å². The van der Waals surface area contributed by atoms with Crippen molar-refractivity contribution in [2.75, 3.05) is 59.4 Å². The van der Waals surface area contributed by atoms with Crippen molar-refractivity contribution in [3.63, 3.8) is 0 Å². The summed E-state index contributed by atoms with van der Waals surface area (Å²) in [7, 11) is 0. The van der Waals surface area contributed by atoms with E-state index in [4.69, 9.17) is 76.8 Å². The summed E-state index contributed by atoms with van der Waals surface area (Å²) in [6, 6.07) is 0. The third-order valence-corrected chi connectivity index (χ3v) is 15.9. The minimum Gasteiger partial charge on any atom is -0.394 e. The Morgan fingerprint density at radius 2 is 0.446 bits per heavy atom. The fourth-order valence-corrected chi connectivity index (χ4v) is 11.2. The van der Waals surface area contributed by atoms with Gasteiger partial charge in [0.1, 0.15) is 171 Å². The van der Waals surface area contributed by atoms with E-state index in [0.29, 0.717) is 25.8 Å². The van der Waals surface area contributed by atoms with Crippen LogP contribution in [0.3, 0.4) is 0 Å². The molecule has 15 heterocycles. The molecule has 15 aliphatic heterocycles. The maximum atomic E-state index is 12.0. The van der Waals surface area contributed by atoms with E-state index in [1.807, 2.05) is 0 Å². The molecule has 15 saturated heterocycles. The van der Waals surface area contributed by atoms with Gasteiger partial charge in [0.15, 0.2) is 44.0 Å². The van der Waals surface area contributed by atoms with E-state index in [9.17, 15) is 102 Å². The molecule has 0 aromatic heterocycles. The van der Waals surface area contributed by atoms with Gasteiger partial charge in [-0.25, -0.2) is 0 Å². The predicted molar refractivity (Wildman–Crippen MR) is 255 cm³/mol. The summed E-state index contributed by atoms with van der Waals surface area (Å²) in [4.78, 5) is 0. The molecule has 14 bridgehead atoms. The number of hydrogen-bond acceptors (Lipinski definition) is 36. The van der Waals surface area contributed by atoms with E-state index in [2.05, 4.69) is 0 Å². The van der Waals surface area contributed by atoms with Gasteiger partial charge in [-0.05, 0) is 25.8 Å². The van der Waals surface area contributed by atoms with Gasteiger partial charge < -0.3 is 179 Å². The van der Waals surface area contributed by atoms with Crippen LogP contribution in [0.15, 0.2) is 0 Å². The Labute approximate surface area is 471 Å². The van der Waals surface area contributed by atoms with Gasteiger partial charge in [-0.3, -0.25) is 0 Å². The molecule has 35 atom stereocenters. The smallest absolute Gasteiger partial charge is 0.187 e. The normalized spacial score (nSPS) is 52.2. The molecule has 0 aromatic carbocycles. The van der Waals surface area contributed by atoms with E-state index >= 15 is 0 Å². The zero-order valence-electron chi connectivity index (χ0n) is 44.3. The molecular formula is C47H81NO35. The molecule has 0 aromatic rings. The van der Waals surface area contributed by atoms with E-state index in [-0.39, 0.29) is 6.61 Å². The quantitative estimate of drug-likeness (QED) is 0.0762. The Morgan fingerprint density at radius 3 is 0.663 bits per heavy atom. The minimum absolute atomic E-state index is 0.123. The number of aliphatic hydroxyl groups is 20. The van der Waals surface area contributed by atoms with Crippen molar-refractivity contribution in [1.82, 2.24) is 0 Å². The molecule has 36 heteroatoms. The van der Waals surface area contributed by atoms with Crippen molar-refractivity contribution < 1.29 is 173 Å². The summed E-state index contributed by atoms with van der Waals surface area (Å²) in [5.74, 6) is 0. The van der Waals surface area contributed by atoms with E-state index in [1.54, 1.807) is 0 Å². The fraction of sp³-hybridized carbons (Fsp3) is 1.00. The highest BCUT2D eigenvalue weighted by atomic mass is 16.8. The summed E-state index contributed by atoms with van der Waals surface area (Å²) in [5, 5.41) is 222. The van der Waals surface area contributed by atoms with Crippen LogP contribution >= 0.6 is 0 Å². The number of ether oxygens (including phenoxy) is 15. The molecule has 15 rings (SSSR count). The van der Waals surface area contributed by atoms with E-state index < -0.39 is 261 Å². The first kappa shape index (κ1) is 67.5. The zero-order chi connectivity index (χ0) is 60.3. The average molecular weight is 1220 g/mol.